The van der Waals surface area contributed by atoms with Gasteiger partial charge in [-0.15, -0.1) is 0 Å². The SMILES string of the molecule is CC1=C(C(=O)OCc2ccccc2)C(c2cccc(F)c2)C2=C(CC(C)(C)CC2=O)N1. The average Bonchev–Trinajstić information content (AvgIpc) is 2.71. The first-order chi connectivity index (χ1) is 14.7. The van der Waals surface area contributed by atoms with E-state index in [2.05, 4.69) is 19.2 Å². The second kappa shape index (κ2) is 8.14. The number of ether oxygens (including phenoxy) is 1. The van der Waals surface area contributed by atoms with E-state index in [1.807, 2.05) is 30.3 Å². The van der Waals surface area contributed by atoms with Gasteiger partial charge in [0, 0.05) is 29.3 Å². The van der Waals surface area contributed by atoms with Crippen LogP contribution in [0.2, 0.25) is 0 Å². The molecule has 1 N–H and O–H groups in total. The topological polar surface area (TPSA) is 55.4 Å². The van der Waals surface area contributed by atoms with Crippen LogP contribution in [0, 0.1) is 11.2 Å². The molecule has 4 nitrogen and oxygen atoms in total. The maximum Gasteiger partial charge on any atom is 0.337 e. The first kappa shape index (κ1) is 21.0. The van der Waals surface area contributed by atoms with Crippen LogP contribution in [0.3, 0.4) is 0 Å². The van der Waals surface area contributed by atoms with Gasteiger partial charge in [-0.25, -0.2) is 9.18 Å². The highest BCUT2D eigenvalue weighted by Gasteiger charge is 2.43. The molecule has 1 unspecified atom stereocenters. The second-order valence-corrected chi connectivity index (χ2v) is 9.05. The smallest absolute Gasteiger partial charge is 0.337 e. The van der Waals surface area contributed by atoms with E-state index in [1.165, 1.54) is 12.1 Å². The lowest BCUT2D eigenvalue weighted by atomic mass is 9.68. The molecule has 1 aliphatic heterocycles. The second-order valence-electron chi connectivity index (χ2n) is 9.05. The van der Waals surface area contributed by atoms with Crippen LogP contribution in [0.1, 0.15) is 50.7 Å². The van der Waals surface area contributed by atoms with Crippen LogP contribution in [0.4, 0.5) is 4.39 Å². The zero-order valence-corrected chi connectivity index (χ0v) is 18.0. The standard InChI is InChI=1S/C26H26FNO3/c1-16-22(25(30)31-15-17-8-5-4-6-9-17)23(18-10-7-11-19(27)12-18)24-20(28-16)13-26(2,3)14-21(24)29/h4-12,23,28H,13-15H2,1-3H3. The van der Waals surface area contributed by atoms with Crippen molar-refractivity contribution in [2.75, 3.05) is 0 Å². The van der Waals surface area contributed by atoms with E-state index in [0.717, 1.165) is 11.3 Å². The third-order valence-electron chi connectivity index (χ3n) is 5.85. The van der Waals surface area contributed by atoms with E-state index >= 15 is 0 Å². The molecule has 1 atom stereocenters. The summed E-state index contributed by atoms with van der Waals surface area (Å²) in [5.41, 5.74) is 3.62. The molecular formula is C26H26FNO3. The largest absolute Gasteiger partial charge is 0.457 e. The van der Waals surface area contributed by atoms with Gasteiger partial charge in [0.15, 0.2) is 5.78 Å². The van der Waals surface area contributed by atoms with Crippen molar-refractivity contribution < 1.29 is 18.7 Å². The van der Waals surface area contributed by atoms with Crippen LogP contribution in [0.5, 0.6) is 0 Å². The first-order valence-electron chi connectivity index (χ1n) is 10.5. The van der Waals surface area contributed by atoms with Crippen molar-refractivity contribution in [3.63, 3.8) is 0 Å². The van der Waals surface area contributed by atoms with Crippen molar-refractivity contribution in [1.82, 2.24) is 5.32 Å². The number of hydrogen-bond donors (Lipinski definition) is 1. The molecule has 5 heteroatoms. The average molecular weight is 419 g/mol. The lowest BCUT2D eigenvalue weighted by molar-refractivity contribution is -0.140. The van der Waals surface area contributed by atoms with Crippen LogP contribution >= 0.6 is 0 Å². The van der Waals surface area contributed by atoms with Crippen molar-refractivity contribution in [2.24, 2.45) is 5.41 Å². The predicted octanol–water partition coefficient (Wildman–Crippen LogP) is 5.17. The molecule has 0 spiro atoms. The third kappa shape index (κ3) is 4.31. The number of hydrogen-bond acceptors (Lipinski definition) is 4. The maximum atomic E-state index is 14.1. The zero-order chi connectivity index (χ0) is 22.2. The van der Waals surface area contributed by atoms with Gasteiger partial charge in [-0.3, -0.25) is 4.79 Å². The number of carbonyl (C=O) groups excluding carboxylic acids is 2. The molecule has 0 saturated carbocycles. The van der Waals surface area contributed by atoms with Gasteiger partial charge in [0.2, 0.25) is 0 Å². The molecule has 0 radical (unpaired) electrons. The summed E-state index contributed by atoms with van der Waals surface area (Å²) < 4.78 is 19.7. The summed E-state index contributed by atoms with van der Waals surface area (Å²) in [5, 5.41) is 3.29. The van der Waals surface area contributed by atoms with Crippen LogP contribution in [-0.2, 0) is 20.9 Å². The molecule has 0 amide bonds. The van der Waals surface area contributed by atoms with E-state index < -0.39 is 17.7 Å². The number of Topliss-reactive ketones (excluding diaryl/α,β-unsaturated/α-hetero) is 1. The van der Waals surface area contributed by atoms with Crippen LogP contribution in [0.15, 0.2) is 77.1 Å². The van der Waals surface area contributed by atoms with Gasteiger partial charge in [0.1, 0.15) is 12.4 Å². The molecule has 160 valence electrons. The van der Waals surface area contributed by atoms with Crippen molar-refractivity contribution in [3.05, 3.63) is 94.1 Å². The minimum atomic E-state index is -0.654. The Morgan fingerprint density at radius 3 is 2.58 bits per heavy atom. The summed E-state index contributed by atoms with van der Waals surface area (Å²) in [5.74, 6) is -1.59. The highest BCUT2D eigenvalue weighted by Crippen LogP contribution is 2.46. The third-order valence-corrected chi connectivity index (χ3v) is 5.85. The molecule has 0 aromatic heterocycles. The number of dihydropyridines is 1. The molecule has 2 aromatic rings. The highest BCUT2D eigenvalue weighted by molar-refractivity contribution is 6.04. The summed E-state index contributed by atoms with van der Waals surface area (Å²) in [4.78, 5) is 26.4. The number of halogens is 1. The fourth-order valence-corrected chi connectivity index (χ4v) is 4.53. The number of nitrogens with one attached hydrogen (secondary N) is 1. The summed E-state index contributed by atoms with van der Waals surface area (Å²) in [6.07, 6.45) is 1.06. The van der Waals surface area contributed by atoms with Gasteiger partial charge >= 0.3 is 5.97 Å². The number of benzene rings is 2. The van der Waals surface area contributed by atoms with E-state index in [9.17, 15) is 14.0 Å². The van der Waals surface area contributed by atoms with Crippen molar-refractivity contribution >= 4 is 11.8 Å². The monoisotopic (exact) mass is 419 g/mol. The minimum absolute atomic E-state index is 0.0196. The van der Waals surface area contributed by atoms with Gasteiger partial charge in [-0.2, -0.15) is 0 Å². The fourth-order valence-electron chi connectivity index (χ4n) is 4.53. The van der Waals surface area contributed by atoms with Crippen molar-refractivity contribution in [2.45, 2.75) is 46.1 Å². The van der Waals surface area contributed by atoms with E-state index in [-0.39, 0.29) is 17.8 Å². The molecule has 1 heterocycles. The Balaban J connectivity index is 1.74. The van der Waals surface area contributed by atoms with Gasteiger partial charge < -0.3 is 10.1 Å². The lowest BCUT2D eigenvalue weighted by Crippen LogP contribution is -2.38. The van der Waals surface area contributed by atoms with Crippen molar-refractivity contribution in [1.29, 1.82) is 0 Å². The van der Waals surface area contributed by atoms with Crippen LogP contribution < -0.4 is 5.32 Å². The van der Waals surface area contributed by atoms with Crippen LogP contribution in [0.25, 0.3) is 0 Å². The molecule has 1 aliphatic carbocycles. The number of esters is 1. The quantitative estimate of drug-likeness (QED) is 0.695. The Hall–Kier alpha value is -3.21. The predicted molar refractivity (Wildman–Crippen MR) is 116 cm³/mol. The van der Waals surface area contributed by atoms with E-state index in [1.54, 1.807) is 19.1 Å². The van der Waals surface area contributed by atoms with E-state index in [0.29, 0.717) is 35.2 Å². The normalized spacial score (nSPS) is 20.3. The number of ketones is 1. The summed E-state index contributed by atoms with van der Waals surface area (Å²) in [6.45, 7) is 6.03. The number of rotatable bonds is 4. The summed E-state index contributed by atoms with van der Waals surface area (Å²) in [7, 11) is 0. The Morgan fingerprint density at radius 1 is 1.13 bits per heavy atom. The molecule has 2 aliphatic rings. The maximum absolute atomic E-state index is 14.1. The zero-order valence-electron chi connectivity index (χ0n) is 18.0. The summed E-state index contributed by atoms with van der Waals surface area (Å²) in [6, 6.07) is 15.5. The first-order valence-corrected chi connectivity index (χ1v) is 10.5. The molecule has 0 bridgehead atoms. The molecule has 0 fully saturated rings. The molecule has 4 rings (SSSR count). The van der Waals surface area contributed by atoms with E-state index in [4.69, 9.17) is 4.74 Å². The van der Waals surface area contributed by atoms with Crippen LogP contribution in [-0.4, -0.2) is 11.8 Å². The number of allylic oxidation sites excluding steroid dienone is 3. The Labute approximate surface area is 181 Å². The minimum Gasteiger partial charge on any atom is -0.457 e. The van der Waals surface area contributed by atoms with Gasteiger partial charge in [-0.05, 0) is 42.0 Å². The molecule has 31 heavy (non-hydrogen) atoms. The van der Waals surface area contributed by atoms with Crippen molar-refractivity contribution in [3.8, 4) is 0 Å². The Bertz CT molecular complexity index is 1100. The Kier molecular flexibility index (Phi) is 5.52. The molecule has 0 saturated heterocycles. The number of carbonyl (C=O) groups is 2. The summed E-state index contributed by atoms with van der Waals surface area (Å²) >= 11 is 0. The van der Waals surface area contributed by atoms with Gasteiger partial charge in [-0.1, -0.05) is 56.3 Å². The lowest BCUT2D eigenvalue weighted by Gasteiger charge is -2.39. The molecule has 2 aromatic carbocycles. The molecular weight excluding hydrogens is 393 g/mol. The van der Waals surface area contributed by atoms with Gasteiger partial charge in [0.05, 0.1) is 5.57 Å². The fraction of sp³-hybridized carbons (Fsp3) is 0.308. The van der Waals surface area contributed by atoms with Gasteiger partial charge in [0.25, 0.3) is 0 Å². The Morgan fingerprint density at radius 2 is 1.87 bits per heavy atom. The highest BCUT2D eigenvalue weighted by atomic mass is 19.1.